The summed E-state index contributed by atoms with van der Waals surface area (Å²) in [4.78, 5) is 0. The van der Waals surface area contributed by atoms with Gasteiger partial charge in [-0.1, -0.05) is 11.6 Å². The minimum atomic E-state index is -0.444. The lowest BCUT2D eigenvalue weighted by atomic mass is 9.95. The third-order valence-corrected chi connectivity index (χ3v) is 5.41. The minimum absolute atomic E-state index is 0.444. The van der Waals surface area contributed by atoms with Crippen molar-refractivity contribution < 1.29 is 5.11 Å². The second-order valence-electron chi connectivity index (χ2n) is 7.53. The zero-order chi connectivity index (χ0) is 17.6. The van der Waals surface area contributed by atoms with Gasteiger partial charge in [0.2, 0.25) is 0 Å². The highest BCUT2D eigenvalue weighted by molar-refractivity contribution is 5.86. The molecule has 0 saturated carbocycles. The van der Waals surface area contributed by atoms with E-state index >= 15 is 0 Å². The molecule has 132 valence electrons. The van der Waals surface area contributed by atoms with Crippen LogP contribution in [0.15, 0.2) is 24.3 Å². The Bertz CT molecular complexity index is 919. The summed E-state index contributed by atoms with van der Waals surface area (Å²) in [6, 6.07) is 8.77. The predicted octanol–water partition coefficient (Wildman–Crippen LogP) is 3.70. The maximum Gasteiger partial charge on any atom is 0.0914 e. The summed E-state index contributed by atoms with van der Waals surface area (Å²) in [5.41, 5.74) is 7.61. The van der Waals surface area contributed by atoms with Crippen molar-refractivity contribution in [2.45, 2.75) is 65.6 Å². The summed E-state index contributed by atoms with van der Waals surface area (Å²) in [7, 11) is 0. The number of fused-ring (bicyclic) bond motifs is 3. The van der Waals surface area contributed by atoms with Gasteiger partial charge in [0.25, 0.3) is 0 Å². The van der Waals surface area contributed by atoms with Crippen molar-refractivity contribution in [2.24, 2.45) is 0 Å². The fraction of sp³-hybridized carbons (Fsp3) is 0.476. The van der Waals surface area contributed by atoms with Crippen LogP contribution in [0.4, 0.5) is 0 Å². The Morgan fingerprint density at radius 2 is 1.88 bits per heavy atom. The number of benzene rings is 1. The third kappa shape index (κ3) is 2.99. The van der Waals surface area contributed by atoms with E-state index in [-0.39, 0.29) is 0 Å². The van der Waals surface area contributed by atoms with Crippen LogP contribution in [0, 0.1) is 20.8 Å². The summed E-state index contributed by atoms with van der Waals surface area (Å²) in [5.74, 6) is 0. The molecule has 0 unspecified atom stereocenters. The summed E-state index contributed by atoms with van der Waals surface area (Å²) < 4.78 is 4.28. The average Bonchev–Trinajstić information content (AvgIpc) is 3.05. The van der Waals surface area contributed by atoms with E-state index in [4.69, 9.17) is 0 Å². The van der Waals surface area contributed by atoms with E-state index in [0.717, 1.165) is 24.2 Å². The highest BCUT2D eigenvalue weighted by atomic mass is 16.3. The first-order valence-electron chi connectivity index (χ1n) is 9.32. The average molecular weight is 337 g/mol. The molecule has 0 bridgehead atoms. The van der Waals surface area contributed by atoms with E-state index in [2.05, 4.69) is 40.9 Å². The van der Waals surface area contributed by atoms with Crippen LogP contribution in [0.25, 0.3) is 10.9 Å². The minimum Gasteiger partial charge on any atom is -0.389 e. The van der Waals surface area contributed by atoms with E-state index in [0.29, 0.717) is 13.1 Å². The lowest BCUT2D eigenvalue weighted by Gasteiger charge is -2.19. The van der Waals surface area contributed by atoms with Crippen LogP contribution in [0.2, 0.25) is 0 Å². The molecule has 3 aromatic rings. The van der Waals surface area contributed by atoms with E-state index in [9.17, 15) is 5.11 Å². The summed E-state index contributed by atoms with van der Waals surface area (Å²) in [6.45, 7) is 7.37. The number of nitrogens with zero attached hydrogens (tertiary/aromatic N) is 3. The van der Waals surface area contributed by atoms with Gasteiger partial charge in [-0.05, 0) is 70.2 Å². The Kier molecular flexibility index (Phi) is 4.16. The molecule has 1 N–H and O–H groups in total. The molecule has 1 aliphatic carbocycles. The second kappa shape index (κ2) is 6.34. The van der Waals surface area contributed by atoms with Crippen LogP contribution in [0.3, 0.4) is 0 Å². The first kappa shape index (κ1) is 16.4. The number of rotatable bonds is 4. The SMILES string of the molecule is Cc1ccc2c(c1)c1c(n2C[C@H](O)Cn2nc(C)cc2C)CCCC1. The largest absolute Gasteiger partial charge is 0.389 e. The summed E-state index contributed by atoms with van der Waals surface area (Å²) in [5, 5.41) is 16.6. The van der Waals surface area contributed by atoms with Crippen LogP contribution in [0.5, 0.6) is 0 Å². The van der Waals surface area contributed by atoms with Crippen molar-refractivity contribution in [3.8, 4) is 0 Å². The van der Waals surface area contributed by atoms with Crippen LogP contribution in [0.1, 0.15) is 41.1 Å². The molecule has 4 rings (SSSR count). The van der Waals surface area contributed by atoms with Crippen LogP contribution in [-0.4, -0.2) is 25.6 Å². The molecule has 2 aromatic heterocycles. The van der Waals surface area contributed by atoms with Gasteiger partial charge >= 0.3 is 0 Å². The van der Waals surface area contributed by atoms with Gasteiger partial charge in [-0.15, -0.1) is 0 Å². The maximum atomic E-state index is 10.7. The van der Waals surface area contributed by atoms with Gasteiger partial charge in [0.05, 0.1) is 24.9 Å². The zero-order valence-corrected chi connectivity index (χ0v) is 15.4. The zero-order valence-electron chi connectivity index (χ0n) is 15.4. The van der Waals surface area contributed by atoms with Crippen molar-refractivity contribution in [2.75, 3.05) is 0 Å². The molecule has 0 aliphatic heterocycles. The van der Waals surface area contributed by atoms with Crippen molar-refractivity contribution in [3.05, 3.63) is 52.5 Å². The highest BCUT2D eigenvalue weighted by Gasteiger charge is 2.21. The molecule has 1 aliphatic rings. The number of aliphatic hydroxyl groups is 1. The molecule has 2 heterocycles. The van der Waals surface area contributed by atoms with Crippen molar-refractivity contribution in [1.29, 1.82) is 0 Å². The first-order valence-corrected chi connectivity index (χ1v) is 9.32. The Hall–Kier alpha value is -2.07. The lowest BCUT2D eigenvalue weighted by molar-refractivity contribution is 0.129. The fourth-order valence-corrected chi connectivity index (χ4v) is 4.29. The molecule has 25 heavy (non-hydrogen) atoms. The Morgan fingerprint density at radius 3 is 2.64 bits per heavy atom. The van der Waals surface area contributed by atoms with Gasteiger partial charge in [0.1, 0.15) is 0 Å². The molecule has 0 radical (unpaired) electrons. The molecule has 0 fully saturated rings. The summed E-state index contributed by atoms with van der Waals surface area (Å²) >= 11 is 0. The molecule has 0 amide bonds. The van der Waals surface area contributed by atoms with E-state index in [1.807, 2.05) is 18.5 Å². The normalized spacial score (nSPS) is 15.5. The number of hydrogen-bond donors (Lipinski definition) is 1. The molecular formula is C21H27N3O. The first-order chi connectivity index (χ1) is 12.0. The smallest absolute Gasteiger partial charge is 0.0914 e. The highest BCUT2D eigenvalue weighted by Crippen LogP contribution is 2.33. The van der Waals surface area contributed by atoms with Gasteiger partial charge in [-0.3, -0.25) is 4.68 Å². The monoisotopic (exact) mass is 337 g/mol. The van der Waals surface area contributed by atoms with Gasteiger partial charge in [-0.2, -0.15) is 5.10 Å². The Labute approximate surface area is 149 Å². The lowest BCUT2D eigenvalue weighted by Crippen LogP contribution is -2.24. The van der Waals surface area contributed by atoms with Gasteiger partial charge in [0.15, 0.2) is 0 Å². The second-order valence-corrected chi connectivity index (χ2v) is 7.53. The molecular weight excluding hydrogens is 310 g/mol. The molecule has 0 saturated heterocycles. The van der Waals surface area contributed by atoms with Crippen molar-refractivity contribution in [3.63, 3.8) is 0 Å². The fourth-order valence-electron chi connectivity index (χ4n) is 4.29. The molecule has 0 spiro atoms. The van der Waals surface area contributed by atoms with E-state index in [1.54, 1.807) is 0 Å². The topological polar surface area (TPSA) is 43.0 Å². The molecule has 4 nitrogen and oxygen atoms in total. The number of aromatic nitrogens is 3. The van der Waals surface area contributed by atoms with Gasteiger partial charge in [0, 0.05) is 22.3 Å². The van der Waals surface area contributed by atoms with E-state index in [1.165, 1.54) is 40.6 Å². The Balaban J connectivity index is 1.68. The summed E-state index contributed by atoms with van der Waals surface area (Å²) in [6.07, 6.45) is 4.36. The van der Waals surface area contributed by atoms with Gasteiger partial charge in [-0.25, -0.2) is 0 Å². The number of aryl methyl sites for hydroxylation is 4. The maximum absolute atomic E-state index is 10.7. The number of aliphatic hydroxyl groups excluding tert-OH is 1. The van der Waals surface area contributed by atoms with Crippen molar-refractivity contribution >= 4 is 10.9 Å². The number of hydrogen-bond acceptors (Lipinski definition) is 2. The predicted molar refractivity (Wildman–Crippen MR) is 101 cm³/mol. The van der Waals surface area contributed by atoms with Crippen molar-refractivity contribution in [1.82, 2.24) is 14.3 Å². The van der Waals surface area contributed by atoms with Crippen LogP contribution in [-0.2, 0) is 25.9 Å². The quantitative estimate of drug-likeness (QED) is 0.789. The third-order valence-electron chi connectivity index (χ3n) is 5.41. The molecule has 1 aromatic carbocycles. The standard InChI is InChI=1S/C21H27N3O/c1-14-8-9-21-19(10-14)18-6-4-5-7-20(18)23(21)12-17(25)13-24-16(3)11-15(2)22-24/h8-11,17,25H,4-7,12-13H2,1-3H3/t17-/m0/s1. The van der Waals surface area contributed by atoms with Gasteiger partial charge < -0.3 is 9.67 Å². The Morgan fingerprint density at radius 1 is 1.08 bits per heavy atom. The van der Waals surface area contributed by atoms with Crippen LogP contribution < -0.4 is 0 Å². The van der Waals surface area contributed by atoms with E-state index < -0.39 is 6.10 Å². The van der Waals surface area contributed by atoms with Crippen LogP contribution >= 0.6 is 0 Å². The molecule has 4 heteroatoms. The molecule has 1 atom stereocenters.